The van der Waals surface area contributed by atoms with E-state index in [9.17, 15) is 9.18 Å². The second-order valence-electron chi connectivity index (χ2n) is 6.80. The maximum absolute atomic E-state index is 13.4. The van der Waals surface area contributed by atoms with E-state index in [0.29, 0.717) is 34.6 Å². The van der Waals surface area contributed by atoms with Gasteiger partial charge >= 0.3 is 5.97 Å². The van der Waals surface area contributed by atoms with E-state index in [1.165, 1.54) is 18.5 Å². The molecule has 0 amide bonds. The average molecular weight is 419 g/mol. The first-order valence-electron chi connectivity index (χ1n) is 9.42. The molecule has 0 spiro atoms. The third-order valence-corrected chi connectivity index (χ3v) is 4.52. The van der Waals surface area contributed by atoms with E-state index < -0.39 is 12.6 Å². The minimum Gasteiger partial charge on any atom is -0.480 e. The molecule has 0 fully saturated rings. The summed E-state index contributed by atoms with van der Waals surface area (Å²) in [6.45, 7) is 1.72. The Morgan fingerprint density at radius 1 is 1.06 bits per heavy atom. The van der Waals surface area contributed by atoms with Gasteiger partial charge in [-0.1, -0.05) is 12.1 Å². The lowest BCUT2D eigenvalue weighted by Crippen LogP contribution is -2.10. The van der Waals surface area contributed by atoms with Crippen LogP contribution in [0.25, 0.3) is 22.0 Å². The van der Waals surface area contributed by atoms with Crippen molar-refractivity contribution in [2.45, 2.75) is 13.5 Å². The van der Waals surface area contributed by atoms with Crippen LogP contribution in [0.2, 0.25) is 0 Å². The fraction of sp³-hybridized carbons (Fsp3) is 0.136. The monoisotopic (exact) mass is 419 g/mol. The predicted molar refractivity (Wildman–Crippen MR) is 112 cm³/mol. The molecule has 0 atom stereocenters. The number of carboxylic acids is 1. The van der Waals surface area contributed by atoms with Crippen molar-refractivity contribution in [1.29, 1.82) is 0 Å². The molecule has 0 saturated carbocycles. The second-order valence-corrected chi connectivity index (χ2v) is 6.80. The van der Waals surface area contributed by atoms with Gasteiger partial charge in [0.25, 0.3) is 0 Å². The molecular weight excluding hydrogens is 401 g/mol. The van der Waals surface area contributed by atoms with Gasteiger partial charge < -0.3 is 15.2 Å². The number of fused-ring (bicyclic) bond motifs is 1. The molecule has 0 radical (unpaired) electrons. The number of ether oxygens (including phenoxy) is 1. The van der Waals surface area contributed by atoms with E-state index >= 15 is 0 Å². The Morgan fingerprint density at radius 3 is 2.58 bits per heavy atom. The Hall–Kier alpha value is -4.14. The van der Waals surface area contributed by atoms with Gasteiger partial charge in [-0.2, -0.15) is 10.2 Å². The number of aliphatic carboxylic acids is 1. The summed E-state index contributed by atoms with van der Waals surface area (Å²) in [5.41, 5.74) is 3.46. The van der Waals surface area contributed by atoms with E-state index in [-0.39, 0.29) is 5.82 Å². The maximum Gasteiger partial charge on any atom is 0.341 e. The lowest BCUT2D eigenvalue weighted by Gasteiger charge is -2.13. The number of benzene rings is 2. The van der Waals surface area contributed by atoms with Crippen molar-refractivity contribution in [3.8, 4) is 16.9 Å². The maximum atomic E-state index is 13.4. The van der Waals surface area contributed by atoms with Crippen LogP contribution >= 0.6 is 0 Å². The standard InChI is InChI=1S/C22H18FN5O3/c1-13-2-7-17(28-27-13)10-24-22-18-8-15(14-3-5-16(23)6-4-14)9-19(31-11-20(29)30)21(18)25-12-26-22/h2-9,12H,10-11H2,1H3,(H,29,30)(H,24,25,26). The fourth-order valence-electron chi connectivity index (χ4n) is 3.03. The molecule has 0 aliphatic rings. The van der Waals surface area contributed by atoms with Crippen molar-refractivity contribution in [2.75, 3.05) is 11.9 Å². The zero-order chi connectivity index (χ0) is 21.8. The summed E-state index contributed by atoms with van der Waals surface area (Å²) < 4.78 is 18.8. The zero-order valence-electron chi connectivity index (χ0n) is 16.5. The van der Waals surface area contributed by atoms with Crippen LogP contribution in [0, 0.1) is 12.7 Å². The zero-order valence-corrected chi connectivity index (χ0v) is 16.5. The number of aromatic nitrogens is 4. The highest BCUT2D eigenvalue weighted by atomic mass is 19.1. The van der Waals surface area contributed by atoms with E-state index in [1.807, 2.05) is 25.1 Å². The smallest absolute Gasteiger partial charge is 0.341 e. The number of carbonyl (C=O) groups is 1. The lowest BCUT2D eigenvalue weighted by atomic mass is 10.0. The molecule has 8 nitrogen and oxygen atoms in total. The molecule has 2 aromatic heterocycles. The highest BCUT2D eigenvalue weighted by Crippen LogP contribution is 2.34. The number of halogens is 1. The number of aryl methyl sites for hydroxylation is 1. The number of anilines is 1. The second kappa shape index (κ2) is 8.70. The Kier molecular flexibility index (Phi) is 5.65. The summed E-state index contributed by atoms with van der Waals surface area (Å²) in [5, 5.41) is 21.0. The number of nitrogens with zero attached hydrogens (tertiary/aromatic N) is 4. The Morgan fingerprint density at radius 2 is 1.87 bits per heavy atom. The largest absolute Gasteiger partial charge is 0.480 e. The summed E-state index contributed by atoms with van der Waals surface area (Å²) in [7, 11) is 0. The molecule has 4 rings (SSSR count). The van der Waals surface area contributed by atoms with Crippen LogP contribution in [0.4, 0.5) is 10.2 Å². The van der Waals surface area contributed by atoms with Gasteiger partial charge in [0, 0.05) is 5.39 Å². The SMILES string of the molecule is Cc1ccc(CNc2ncnc3c(OCC(=O)O)cc(-c4ccc(F)cc4)cc23)nn1. The van der Waals surface area contributed by atoms with E-state index in [4.69, 9.17) is 9.84 Å². The number of hydrogen-bond acceptors (Lipinski definition) is 7. The summed E-state index contributed by atoms with van der Waals surface area (Å²) >= 11 is 0. The molecule has 31 heavy (non-hydrogen) atoms. The van der Waals surface area contributed by atoms with Crippen LogP contribution in [0.15, 0.2) is 54.9 Å². The van der Waals surface area contributed by atoms with E-state index in [1.54, 1.807) is 18.2 Å². The highest BCUT2D eigenvalue weighted by Gasteiger charge is 2.14. The minimum atomic E-state index is -1.11. The summed E-state index contributed by atoms with van der Waals surface area (Å²) in [4.78, 5) is 19.6. The lowest BCUT2D eigenvalue weighted by molar-refractivity contribution is -0.139. The molecule has 0 aliphatic carbocycles. The van der Waals surface area contributed by atoms with Crippen molar-refractivity contribution >= 4 is 22.7 Å². The van der Waals surface area contributed by atoms with Crippen molar-refractivity contribution in [3.63, 3.8) is 0 Å². The number of nitrogens with one attached hydrogen (secondary N) is 1. The summed E-state index contributed by atoms with van der Waals surface area (Å²) in [6, 6.07) is 13.2. The first kappa shape index (κ1) is 20.1. The molecule has 2 heterocycles. The van der Waals surface area contributed by atoms with Crippen LogP contribution in [-0.2, 0) is 11.3 Å². The molecule has 9 heteroatoms. The van der Waals surface area contributed by atoms with Gasteiger partial charge in [0.2, 0.25) is 0 Å². The van der Waals surface area contributed by atoms with Crippen molar-refractivity contribution in [1.82, 2.24) is 20.2 Å². The van der Waals surface area contributed by atoms with E-state index in [2.05, 4.69) is 25.5 Å². The summed E-state index contributed by atoms with van der Waals surface area (Å²) in [6.07, 6.45) is 1.37. The third-order valence-electron chi connectivity index (χ3n) is 4.52. The van der Waals surface area contributed by atoms with Crippen LogP contribution < -0.4 is 10.1 Å². The molecule has 156 valence electrons. The number of rotatable bonds is 7. The Labute approximate surface area is 176 Å². The summed E-state index contributed by atoms with van der Waals surface area (Å²) in [5.74, 6) is -0.640. The van der Waals surface area contributed by atoms with Crippen LogP contribution in [-0.4, -0.2) is 37.8 Å². The number of hydrogen-bond donors (Lipinski definition) is 2. The van der Waals surface area contributed by atoms with Crippen LogP contribution in [0.5, 0.6) is 5.75 Å². The molecule has 2 aromatic carbocycles. The van der Waals surface area contributed by atoms with Gasteiger partial charge in [0.1, 0.15) is 29.2 Å². The van der Waals surface area contributed by atoms with Crippen molar-refractivity contribution < 1.29 is 19.0 Å². The van der Waals surface area contributed by atoms with Gasteiger partial charge in [0.15, 0.2) is 6.61 Å². The molecular formula is C22H18FN5O3. The molecule has 0 unspecified atom stereocenters. The molecule has 0 aliphatic heterocycles. The first-order chi connectivity index (χ1) is 15.0. The highest BCUT2D eigenvalue weighted by molar-refractivity contribution is 5.96. The molecule has 0 bridgehead atoms. The number of carboxylic acid groups (broad SMARTS) is 1. The van der Waals surface area contributed by atoms with Gasteiger partial charge in [-0.25, -0.2) is 19.2 Å². The van der Waals surface area contributed by atoms with Gasteiger partial charge in [-0.15, -0.1) is 0 Å². The normalized spacial score (nSPS) is 10.8. The Bertz CT molecular complexity index is 1230. The van der Waals surface area contributed by atoms with Crippen LogP contribution in [0.3, 0.4) is 0 Å². The molecule has 0 saturated heterocycles. The molecule has 2 N–H and O–H groups in total. The topological polar surface area (TPSA) is 110 Å². The van der Waals surface area contributed by atoms with Crippen molar-refractivity contribution in [2.24, 2.45) is 0 Å². The van der Waals surface area contributed by atoms with E-state index in [0.717, 1.165) is 17.0 Å². The third kappa shape index (κ3) is 4.72. The van der Waals surface area contributed by atoms with Gasteiger partial charge in [-0.3, -0.25) is 0 Å². The molecule has 4 aromatic rings. The Balaban J connectivity index is 1.76. The van der Waals surface area contributed by atoms with Crippen molar-refractivity contribution in [3.05, 3.63) is 72.1 Å². The fourth-order valence-corrected chi connectivity index (χ4v) is 3.03. The van der Waals surface area contributed by atoms with Gasteiger partial charge in [-0.05, 0) is 54.4 Å². The van der Waals surface area contributed by atoms with Crippen LogP contribution in [0.1, 0.15) is 11.4 Å². The van der Waals surface area contributed by atoms with Gasteiger partial charge in [0.05, 0.1) is 17.9 Å². The average Bonchev–Trinajstić information content (AvgIpc) is 2.77. The first-order valence-corrected chi connectivity index (χ1v) is 9.42. The quantitative estimate of drug-likeness (QED) is 0.467. The predicted octanol–water partition coefficient (Wildman–Crippen LogP) is 3.61. The minimum absolute atomic E-state index is 0.291.